The van der Waals surface area contributed by atoms with E-state index in [1.54, 1.807) is 0 Å². The summed E-state index contributed by atoms with van der Waals surface area (Å²) in [6.07, 6.45) is 1.21. The van der Waals surface area contributed by atoms with E-state index in [9.17, 15) is 0 Å². The summed E-state index contributed by atoms with van der Waals surface area (Å²) in [5.74, 6) is 0.733. The lowest BCUT2D eigenvalue weighted by molar-refractivity contribution is 0.0317. The normalized spacial score (nSPS) is 22.6. The van der Waals surface area contributed by atoms with E-state index in [0.29, 0.717) is 6.04 Å². The lowest BCUT2D eigenvalue weighted by Gasteiger charge is -2.29. The third-order valence-corrected chi connectivity index (χ3v) is 3.10. The summed E-state index contributed by atoms with van der Waals surface area (Å²) in [6, 6.07) is 0.650. The van der Waals surface area contributed by atoms with Crippen LogP contribution in [0.3, 0.4) is 0 Å². The van der Waals surface area contributed by atoms with E-state index >= 15 is 0 Å². The molecule has 1 aliphatic heterocycles. The minimum absolute atomic E-state index is 0.650. The lowest BCUT2D eigenvalue weighted by Crippen LogP contribution is -2.41. The molecule has 0 aromatic carbocycles. The summed E-state index contributed by atoms with van der Waals surface area (Å²) >= 11 is 0. The lowest BCUT2D eigenvalue weighted by atomic mass is 10.1. The monoisotopic (exact) mass is 214 g/mol. The summed E-state index contributed by atoms with van der Waals surface area (Å²) in [7, 11) is 0. The number of hydrogen-bond donors (Lipinski definition) is 1. The Bertz CT molecular complexity index is 158. The predicted octanol–water partition coefficient (Wildman–Crippen LogP) is 1.34. The van der Waals surface area contributed by atoms with Crippen molar-refractivity contribution in [2.45, 2.75) is 33.2 Å². The van der Waals surface area contributed by atoms with Gasteiger partial charge in [-0.25, -0.2) is 0 Å². The Hall–Kier alpha value is -0.120. The quantitative estimate of drug-likeness (QED) is 0.722. The highest BCUT2D eigenvalue weighted by Gasteiger charge is 2.13. The van der Waals surface area contributed by atoms with Crippen LogP contribution in [-0.2, 0) is 4.74 Å². The van der Waals surface area contributed by atoms with Crippen LogP contribution in [0.5, 0.6) is 0 Å². The average molecular weight is 214 g/mol. The van der Waals surface area contributed by atoms with E-state index in [0.717, 1.165) is 38.8 Å². The highest BCUT2D eigenvalue weighted by Crippen LogP contribution is 2.03. The van der Waals surface area contributed by atoms with Crippen molar-refractivity contribution in [2.75, 3.05) is 39.4 Å². The van der Waals surface area contributed by atoms with E-state index in [1.807, 2.05) is 0 Å². The molecule has 1 rings (SSSR count). The molecule has 90 valence electrons. The zero-order valence-electron chi connectivity index (χ0n) is 10.5. The Morgan fingerprint density at radius 3 is 2.53 bits per heavy atom. The maximum atomic E-state index is 5.34. The van der Waals surface area contributed by atoms with Crippen LogP contribution >= 0.6 is 0 Å². The van der Waals surface area contributed by atoms with Gasteiger partial charge in [-0.05, 0) is 25.8 Å². The molecule has 3 nitrogen and oxygen atoms in total. The van der Waals surface area contributed by atoms with Gasteiger partial charge >= 0.3 is 0 Å². The minimum atomic E-state index is 0.650. The number of hydrogen-bond acceptors (Lipinski definition) is 3. The molecule has 2 unspecified atom stereocenters. The summed E-state index contributed by atoms with van der Waals surface area (Å²) in [5, 5.41) is 3.56. The van der Waals surface area contributed by atoms with Gasteiger partial charge in [-0.15, -0.1) is 0 Å². The first-order chi connectivity index (χ1) is 7.22. The second-order valence-electron chi connectivity index (χ2n) is 4.74. The summed E-state index contributed by atoms with van der Waals surface area (Å²) in [4.78, 5) is 2.51. The number of ether oxygens (including phenoxy) is 1. The van der Waals surface area contributed by atoms with Gasteiger partial charge in [-0.3, -0.25) is 4.90 Å². The molecular weight excluding hydrogens is 188 g/mol. The van der Waals surface area contributed by atoms with Crippen molar-refractivity contribution < 1.29 is 4.74 Å². The largest absolute Gasteiger partial charge is 0.379 e. The number of rotatable bonds is 6. The Labute approximate surface area is 94.2 Å². The van der Waals surface area contributed by atoms with Gasteiger partial charge in [0.15, 0.2) is 0 Å². The molecule has 15 heavy (non-hydrogen) atoms. The molecule has 1 N–H and O–H groups in total. The Balaban J connectivity index is 2.08. The Morgan fingerprint density at radius 2 is 1.93 bits per heavy atom. The fourth-order valence-corrected chi connectivity index (χ4v) is 1.84. The van der Waals surface area contributed by atoms with Crippen LogP contribution in [0.2, 0.25) is 0 Å². The molecular formula is C12H26N2O. The van der Waals surface area contributed by atoms with Crippen molar-refractivity contribution in [1.29, 1.82) is 0 Å². The van der Waals surface area contributed by atoms with Gasteiger partial charge in [0.2, 0.25) is 0 Å². The molecule has 3 heteroatoms. The first-order valence-corrected chi connectivity index (χ1v) is 6.25. The van der Waals surface area contributed by atoms with Gasteiger partial charge in [0.05, 0.1) is 13.2 Å². The highest BCUT2D eigenvalue weighted by molar-refractivity contribution is 4.68. The third kappa shape index (κ3) is 5.50. The summed E-state index contributed by atoms with van der Waals surface area (Å²) in [5.41, 5.74) is 0. The van der Waals surface area contributed by atoms with Crippen molar-refractivity contribution in [1.82, 2.24) is 10.2 Å². The first-order valence-electron chi connectivity index (χ1n) is 6.25. The second kappa shape index (κ2) is 7.20. The van der Waals surface area contributed by atoms with Crippen LogP contribution in [0.1, 0.15) is 27.2 Å². The molecule has 1 aliphatic rings. The second-order valence-corrected chi connectivity index (χ2v) is 4.74. The average Bonchev–Trinajstić information content (AvgIpc) is 2.27. The SMILES string of the molecule is CCC(C)NCC(C)CN1CCOCC1. The van der Waals surface area contributed by atoms with Crippen LogP contribution < -0.4 is 5.32 Å². The fourth-order valence-electron chi connectivity index (χ4n) is 1.84. The zero-order valence-corrected chi connectivity index (χ0v) is 10.5. The molecule has 0 spiro atoms. The van der Waals surface area contributed by atoms with Crippen LogP contribution in [0.4, 0.5) is 0 Å². The van der Waals surface area contributed by atoms with Gasteiger partial charge < -0.3 is 10.1 Å². The van der Waals surface area contributed by atoms with Crippen LogP contribution in [0.15, 0.2) is 0 Å². The Kier molecular flexibility index (Phi) is 6.22. The topological polar surface area (TPSA) is 24.5 Å². The predicted molar refractivity (Wildman–Crippen MR) is 64.2 cm³/mol. The molecule has 0 aliphatic carbocycles. The summed E-state index contributed by atoms with van der Waals surface area (Å²) < 4.78 is 5.34. The van der Waals surface area contributed by atoms with E-state index in [-0.39, 0.29) is 0 Å². The van der Waals surface area contributed by atoms with Crippen molar-refractivity contribution >= 4 is 0 Å². The Morgan fingerprint density at radius 1 is 1.27 bits per heavy atom. The smallest absolute Gasteiger partial charge is 0.0594 e. The van der Waals surface area contributed by atoms with Gasteiger partial charge in [-0.2, -0.15) is 0 Å². The fraction of sp³-hybridized carbons (Fsp3) is 1.00. The molecule has 1 heterocycles. The maximum absolute atomic E-state index is 5.34. The van der Waals surface area contributed by atoms with Crippen molar-refractivity contribution in [2.24, 2.45) is 5.92 Å². The van der Waals surface area contributed by atoms with E-state index in [2.05, 4.69) is 31.0 Å². The van der Waals surface area contributed by atoms with Crippen molar-refractivity contribution in [3.8, 4) is 0 Å². The van der Waals surface area contributed by atoms with Crippen LogP contribution in [0, 0.1) is 5.92 Å². The number of nitrogens with zero attached hydrogens (tertiary/aromatic N) is 1. The molecule has 2 atom stereocenters. The van der Waals surface area contributed by atoms with E-state index < -0.39 is 0 Å². The van der Waals surface area contributed by atoms with Crippen molar-refractivity contribution in [3.63, 3.8) is 0 Å². The number of morpholine rings is 1. The molecule has 0 amide bonds. The molecule has 0 aromatic heterocycles. The van der Waals surface area contributed by atoms with Gasteiger partial charge in [0.25, 0.3) is 0 Å². The van der Waals surface area contributed by atoms with Gasteiger partial charge in [0.1, 0.15) is 0 Å². The van der Waals surface area contributed by atoms with Crippen LogP contribution in [0.25, 0.3) is 0 Å². The molecule has 0 aromatic rings. The molecule has 1 fully saturated rings. The molecule has 0 saturated carbocycles. The molecule has 0 bridgehead atoms. The number of nitrogens with one attached hydrogen (secondary N) is 1. The minimum Gasteiger partial charge on any atom is -0.379 e. The standard InChI is InChI=1S/C12H26N2O/c1-4-12(3)13-9-11(2)10-14-5-7-15-8-6-14/h11-13H,4-10H2,1-3H3. The van der Waals surface area contributed by atoms with Crippen molar-refractivity contribution in [3.05, 3.63) is 0 Å². The highest BCUT2D eigenvalue weighted by atomic mass is 16.5. The molecule has 0 radical (unpaired) electrons. The van der Waals surface area contributed by atoms with E-state index in [4.69, 9.17) is 4.74 Å². The molecule has 1 saturated heterocycles. The van der Waals surface area contributed by atoms with Gasteiger partial charge in [-0.1, -0.05) is 13.8 Å². The van der Waals surface area contributed by atoms with Gasteiger partial charge in [0, 0.05) is 25.7 Å². The third-order valence-electron chi connectivity index (χ3n) is 3.10. The zero-order chi connectivity index (χ0) is 11.1. The van der Waals surface area contributed by atoms with E-state index in [1.165, 1.54) is 13.0 Å². The first kappa shape index (κ1) is 12.9. The summed E-state index contributed by atoms with van der Waals surface area (Å²) in [6.45, 7) is 13.2. The maximum Gasteiger partial charge on any atom is 0.0594 e. The van der Waals surface area contributed by atoms with Crippen LogP contribution in [-0.4, -0.2) is 50.3 Å².